The fraction of sp³-hybridized carbons (Fsp3) is 0.273. The maximum Gasteiger partial charge on any atom is 0.348 e. The SMILES string of the molecule is COC(=O)c1cc2cc(NC(=O)COc3ccc(S(=O)(=O)N4CCOCC4)cc3)ccc2s1. The number of carbonyl (C=O) groups is 2. The summed E-state index contributed by atoms with van der Waals surface area (Å²) in [6.07, 6.45) is 0. The van der Waals surface area contributed by atoms with Crippen molar-refractivity contribution in [2.75, 3.05) is 45.3 Å². The Morgan fingerprint density at radius 3 is 2.52 bits per heavy atom. The van der Waals surface area contributed by atoms with Crippen LogP contribution in [0.5, 0.6) is 5.75 Å². The molecule has 2 heterocycles. The Morgan fingerprint density at radius 2 is 1.82 bits per heavy atom. The number of anilines is 1. The van der Waals surface area contributed by atoms with Crippen LogP contribution in [0.2, 0.25) is 0 Å². The number of sulfonamides is 1. The number of hydrogen-bond acceptors (Lipinski definition) is 8. The van der Waals surface area contributed by atoms with Crippen LogP contribution < -0.4 is 10.1 Å². The fourth-order valence-corrected chi connectivity index (χ4v) is 5.68. The molecule has 1 N–H and O–H groups in total. The standard InChI is InChI=1S/C22H22N2O7S2/c1-29-22(26)20-13-15-12-16(2-7-19(15)32-20)23-21(25)14-31-17-3-5-18(6-4-17)33(27,28)24-8-10-30-11-9-24/h2-7,12-13H,8-11,14H2,1H3,(H,23,25). The van der Waals surface area contributed by atoms with E-state index in [0.717, 1.165) is 10.1 Å². The number of amides is 1. The van der Waals surface area contributed by atoms with Crippen LogP contribution in [-0.4, -0.2) is 64.6 Å². The summed E-state index contributed by atoms with van der Waals surface area (Å²) >= 11 is 1.31. The number of fused-ring (bicyclic) bond motifs is 1. The van der Waals surface area contributed by atoms with Crippen LogP contribution in [-0.2, 0) is 24.3 Å². The molecule has 1 aliphatic heterocycles. The first-order chi connectivity index (χ1) is 15.9. The van der Waals surface area contributed by atoms with Gasteiger partial charge in [0.1, 0.15) is 10.6 Å². The maximum absolute atomic E-state index is 12.7. The second-order valence-corrected chi connectivity index (χ2v) is 10.2. The summed E-state index contributed by atoms with van der Waals surface area (Å²) in [5.74, 6) is -0.399. The average molecular weight is 491 g/mol. The van der Waals surface area contributed by atoms with E-state index in [1.54, 1.807) is 18.2 Å². The van der Waals surface area contributed by atoms with Crippen LogP contribution in [0.25, 0.3) is 10.1 Å². The van der Waals surface area contributed by atoms with Crippen LogP contribution in [0.1, 0.15) is 9.67 Å². The van der Waals surface area contributed by atoms with Crippen molar-refractivity contribution in [1.29, 1.82) is 0 Å². The van der Waals surface area contributed by atoms with Crippen molar-refractivity contribution in [2.24, 2.45) is 0 Å². The van der Waals surface area contributed by atoms with Gasteiger partial charge >= 0.3 is 5.97 Å². The second kappa shape index (κ2) is 9.87. The van der Waals surface area contributed by atoms with E-state index in [4.69, 9.17) is 14.2 Å². The zero-order chi connectivity index (χ0) is 23.4. The Morgan fingerprint density at radius 1 is 1.09 bits per heavy atom. The molecule has 1 aromatic heterocycles. The number of esters is 1. The minimum absolute atomic E-state index is 0.164. The van der Waals surface area contributed by atoms with Crippen molar-refractivity contribution in [3.05, 3.63) is 53.4 Å². The Labute approximate surface area is 194 Å². The molecule has 174 valence electrons. The van der Waals surface area contributed by atoms with Crippen molar-refractivity contribution in [1.82, 2.24) is 4.31 Å². The van der Waals surface area contributed by atoms with E-state index in [2.05, 4.69) is 5.32 Å². The predicted molar refractivity (Wildman–Crippen MR) is 123 cm³/mol. The van der Waals surface area contributed by atoms with Gasteiger partial charge < -0.3 is 19.5 Å². The van der Waals surface area contributed by atoms with Gasteiger partial charge in [-0.05, 0) is 53.9 Å². The third-order valence-corrected chi connectivity index (χ3v) is 8.00. The number of morpholine rings is 1. The zero-order valence-electron chi connectivity index (χ0n) is 17.8. The smallest absolute Gasteiger partial charge is 0.348 e. The number of nitrogens with one attached hydrogen (secondary N) is 1. The zero-order valence-corrected chi connectivity index (χ0v) is 19.4. The van der Waals surface area contributed by atoms with Crippen molar-refractivity contribution >= 4 is 49.0 Å². The second-order valence-electron chi connectivity index (χ2n) is 7.18. The summed E-state index contributed by atoms with van der Waals surface area (Å²) in [5.41, 5.74) is 0.567. The van der Waals surface area contributed by atoms with E-state index < -0.39 is 16.0 Å². The number of rotatable bonds is 7. The van der Waals surface area contributed by atoms with Crippen LogP contribution in [0.3, 0.4) is 0 Å². The molecule has 9 nitrogen and oxygen atoms in total. The van der Waals surface area contributed by atoms with Crippen molar-refractivity contribution in [3.8, 4) is 5.75 Å². The van der Waals surface area contributed by atoms with Crippen LogP contribution in [0.15, 0.2) is 53.4 Å². The summed E-state index contributed by atoms with van der Waals surface area (Å²) in [5, 5.41) is 3.56. The molecule has 0 atom stereocenters. The van der Waals surface area contributed by atoms with E-state index in [1.807, 2.05) is 6.07 Å². The molecule has 0 spiro atoms. The number of ether oxygens (including phenoxy) is 3. The molecule has 11 heteroatoms. The lowest BCUT2D eigenvalue weighted by Crippen LogP contribution is -2.40. The molecule has 0 bridgehead atoms. The molecule has 3 aromatic rings. The average Bonchev–Trinajstić information content (AvgIpc) is 3.26. The molecule has 0 radical (unpaired) electrons. The number of nitrogens with zero attached hydrogens (tertiary/aromatic N) is 1. The summed E-state index contributed by atoms with van der Waals surface area (Å²) < 4.78 is 43.0. The van der Waals surface area contributed by atoms with Crippen LogP contribution in [0.4, 0.5) is 5.69 Å². The molecule has 0 saturated carbocycles. The normalized spacial score (nSPS) is 14.7. The molecular formula is C22H22N2O7S2. The first kappa shape index (κ1) is 23.2. The molecule has 0 aliphatic carbocycles. The summed E-state index contributed by atoms with van der Waals surface area (Å²) in [7, 11) is -2.26. The van der Waals surface area contributed by atoms with Crippen molar-refractivity contribution in [3.63, 3.8) is 0 Å². The lowest BCUT2D eigenvalue weighted by Gasteiger charge is -2.26. The highest BCUT2D eigenvalue weighted by atomic mass is 32.2. The van der Waals surface area contributed by atoms with Gasteiger partial charge in [-0.15, -0.1) is 11.3 Å². The Kier molecular flexibility index (Phi) is 6.94. The molecule has 33 heavy (non-hydrogen) atoms. The van der Waals surface area contributed by atoms with Gasteiger partial charge in [-0.3, -0.25) is 4.79 Å². The summed E-state index contributed by atoms with van der Waals surface area (Å²) in [6.45, 7) is 1.15. The van der Waals surface area contributed by atoms with E-state index in [9.17, 15) is 18.0 Å². The van der Waals surface area contributed by atoms with Gasteiger partial charge in [-0.1, -0.05) is 0 Å². The lowest BCUT2D eigenvalue weighted by molar-refractivity contribution is -0.118. The van der Waals surface area contributed by atoms with Crippen LogP contribution >= 0.6 is 11.3 Å². The number of benzene rings is 2. The molecule has 2 aromatic carbocycles. The third-order valence-electron chi connectivity index (χ3n) is 4.99. The van der Waals surface area contributed by atoms with E-state index in [1.165, 1.54) is 47.0 Å². The van der Waals surface area contributed by atoms with Crippen molar-refractivity contribution < 1.29 is 32.2 Å². The topological polar surface area (TPSA) is 111 Å². The number of carbonyl (C=O) groups excluding carboxylic acids is 2. The van der Waals surface area contributed by atoms with Gasteiger partial charge in [0.05, 0.1) is 25.2 Å². The number of methoxy groups -OCH3 is 1. The van der Waals surface area contributed by atoms with Gasteiger partial charge in [0.2, 0.25) is 10.0 Å². The molecule has 1 aliphatic rings. The lowest BCUT2D eigenvalue weighted by atomic mass is 10.2. The number of thiophene rings is 1. The quantitative estimate of drug-likeness (QED) is 0.507. The minimum Gasteiger partial charge on any atom is -0.484 e. The monoisotopic (exact) mass is 490 g/mol. The third kappa shape index (κ3) is 5.33. The van der Waals surface area contributed by atoms with Gasteiger partial charge in [0.15, 0.2) is 6.61 Å². The molecule has 0 unspecified atom stereocenters. The first-order valence-electron chi connectivity index (χ1n) is 10.1. The Balaban J connectivity index is 1.34. The molecule has 1 saturated heterocycles. The minimum atomic E-state index is -3.58. The first-order valence-corrected chi connectivity index (χ1v) is 12.3. The highest BCUT2D eigenvalue weighted by molar-refractivity contribution is 7.89. The van der Waals surface area contributed by atoms with Crippen LogP contribution in [0, 0.1) is 0 Å². The highest BCUT2D eigenvalue weighted by Crippen LogP contribution is 2.28. The predicted octanol–water partition coefficient (Wildman–Crippen LogP) is 2.73. The summed E-state index contributed by atoms with van der Waals surface area (Å²) in [4.78, 5) is 24.6. The molecule has 1 fully saturated rings. The van der Waals surface area contributed by atoms with E-state index in [-0.39, 0.29) is 17.4 Å². The van der Waals surface area contributed by atoms with Gasteiger partial charge in [-0.2, -0.15) is 4.31 Å². The van der Waals surface area contributed by atoms with Gasteiger partial charge in [0, 0.05) is 23.5 Å². The van der Waals surface area contributed by atoms with Gasteiger partial charge in [-0.25, -0.2) is 13.2 Å². The summed E-state index contributed by atoms with van der Waals surface area (Å²) in [6, 6.07) is 13.0. The molecule has 4 rings (SSSR count). The van der Waals surface area contributed by atoms with Crippen molar-refractivity contribution in [2.45, 2.75) is 4.90 Å². The van der Waals surface area contributed by atoms with Gasteiger partial charge in [0.25, 0.3) is 5.91 Å². The highest BCUT2D eigenvalue weighted by Gasteiger charge is 2.26. The molecular weight excluding hydrogens is 468 g/mol. The number of hydrogen-bond donors (Lipinski definition) is 1. The Bertz CT molecular complexity index is 1260. The molecule has 1 amide bonds. The van der Waals surface area contributed by atoms with E-state index >= 15 is 0 Å². The largest absolute Gasteiger partial charge is 0.484 e. The fourth-order valence-electron chi connectivity index (χ4n) is 3.31. The van der Waals surface area contributed by atoms with E-state index in [0.29, 0.717) is 42.6 Å². The Hall–Kier alpha value is -2.99. The maximum atomic E-state index is 12.7.